The summed E-state index contributed by atoms with van der Waals surface area (Å²) in [7, 11) is 0. The Balaban J connectivity index is 1.86. The summed E-state index contributed by atoms with van der Waals surface area (Å²) in [6.07, 6.45) is 0.992. The predicted molar refractivity (Wildman–Crippen MR) is 103 cm³/mol. The molecule has 0 heterocycles. The van der Waals surface area contributed by atoms with Crippen molar-refractivity contribution in [3.8, 4) is 5.75 Å². The van der Waals surface area contributed by atoms with Gasteiger partial charge in [-0.05, 0) is 47.6 Å². The molecule has 134 valence electrons. The van der Waals surface area contributed by atoms with E-state index in [1.807, 2.05) is 31.2 Å². The van der Waals surface area contributed by atoms with Crippen LogP contribution < -0.4 is 10.1 Å². The zero-order valence-electron chi connectivity index (χ0n) is 15.9. The molecule has 0 saturated heterocycles. The summed E-state index contributed by atoms with van der Waals surface area (Å²) in [6, 6.07) is 16.2. The normalized spacial score (nSPS) is 12.5. The molecule has 0 spiro atoms. The van der Waals surface area contributed by atoms with Gasteiger partial charge < -0.3 is 10.1 Å². The van der Waals surface area contributed by atoms with Crippen LogP contribution in [0.15, 0.2) is 48.5 Å². The monoisotopic (exact) mass is 339 g/mol. The van der Waals surface area contributed by atoms with Crippen molar-refractivity contribution in [3.05, 3.63) is 65.2 Å². The molecule has 1 amide bonds. The van der Waals surface area contributed by atoms with Crippen LogP contribution in [-0.2, 0) is 16.6 Å². The largest absolute Gasteiger partial charge is 0.484 e. The number of amides is 1. The van der Waals surface area contributed by atoms with Gasteiger partial charge in [0, 0.05) is 0 Å². The third-order valence-corrected chi connectivity index (χ3v) is 4.36. The number of aryl methyl sites for hydroxylation is 1. The molecular formula is C22H29NO2. The van der Waals surface area contributed by atoms with E-state index < -0.39 is 0 Å². The van der Waals surface area contributed by atoms with Crippen molar-refractivity contribution in [3.63, 3.8) is 0 Å². The number of rotatable bonds is 6. The van der Waals surface area contributed by atoms with E-state index in [9.17, 15) is 4.79 Å². The summed E-state index contributed by atoms with van der Waals surface area (Å²) in [4.78, 5) is 12.1. The zero-order chi connectivity index (χ0) is 18.4. The van der Waals surface area contributed by atoms with Gasteiger partial charge in [0.2, 0.25) is 0 Å². The Kier molecular flexibility index (Phi) is 6.24. The first-order valence-corrected chi connectivity index (χ1v) is 8.91. The molecule has 1 unspecified atom stereocenters. The van der Waals surface area contributed by atoms with E-state index in [1.165, 1.54) is 11.1 Å². The van der Waals surface area contributed by atoms with E-state index in [4.69, 9.17) is 4.74 Å². The predicted octanol–water partition coefficient (Wildman–Crippen LogP) is 4.80. The van der Waals surface area contributed by atoms with Gasteiger partial charge >= 0.3 is 0 Å². The molecule has 0 aromatic heterocycles. The van der Waals surface area contributed by atoms with Crippen molar-refractivity contribution >= 4 is 5.91 Å². The van der Waals surface area contributed by atoms with Crippen LogP contribution in [0.2, 0.25) is 0 Å². The highest BCUT2D eigenvalue weighted by molar-refractivity contribution is 5.78. The van der Waals surface area contributed by atoms with Gasteiger partial charge in [-0.2, -0.15) is 0 Å². The number of hydrogen-bond donors (Lipinski definition) is 1. The van der Waals surface area contributed by atoms with Crippen LogP contribution in [0.25, 0.3) is 0 Å². The molecule has 1 atom stereocenters. The molecule has 0 fully saturated rings. The lowest BCUT2D eigenvalue weighted by atomic mass is 9.86. The lowest BCUT2D eigenvalue weighted by Gasteiger charge is -2.20. The number of benzene rings is 2. The molecule has 0 aliphatic rings. The molecule has 0 saturated carbocycles. The van der Waals surface area contributed by atoms with Crippen molar-refractivity contribution in [1.29, 1.82) is 0 Å². The maximum atomic E-state index is 12.1. The molecule has 25 heavy (non-hydrogen) atoms. The van der Waals surface area contributed by atoms with E-state index in [1.54, 1.807) is 0 Å². The van der Waals surface area contributed by atoms with E-state index in [0.29, 0.717) is 0 Å². The number of nitrogens with one attached hydrogen (secondary N) is 1. The summed E-state index contributed by atoms with van der Waals surface area (Å²) in [5.41, 5.74) is 3.76. The third kappa shape index (κ3) is 5.63. The van der Waals surface area contributed by atoms with Gasteiger partial charge in [0.1, 0.15) is 5.75 Å². The van der Waals surface area contributed by atoms with E-state index in [0.717, 1.165) is 17.7 Å². The second-order valence-corrected chi connectivity index (χ2v) is 7.45. The SMILES string of the molecule is CCc1ccc(OCC(=O)NC(C)c2ccc(C(C)(C)C)cc2)cc1. The van der Waals surface area contributed by atoms with Crippen molar-refractivity contribution < 1.29 is 9.53 Å². The molecule has 2 rings (SSSR count). The van der Waals surface area contributed by atoms with Gasteiger partial charge in [-0.1, -0.05) is 64.1 Å². The molecule has 0 bridgehead atoms. The van der Waals surface area contributed by atoms with Crippen LogP contribution in [0.3, 0.4) is 0 Å². The van der Waals surface area contributed by atoms with Crippen LogP contribution in [0.4, 0.5) is 0 Å². The fourth-order valence-corrected chi connectivity index (χ4v) is 2.61. The summed E-state index contributed by atoms with van der Waals surface area (Å²) in [6.45, 7) is 10.7. The molecule has 3 nitrogen and oxygen atoms in total. The minimum atomic E-state index is -0.119. The van der Waals surface area contributed by atoms with Gasteiger partial charge in [0.05, 0.1) is 6.04 Å². The number of carbonyl (C=O) groups is 1. The van der Waals surface area contributed by atoms with Gasteiger partial charge in [-0.25, -0.2) is 0 Å². The van der Waals surface area contributed by atoms with Crippen molar-refractivity contribution in [2.45, 2.75) is 52.5 Å². The van der Waals surface area contributed by atoms with Crippen molar-refractivity contribution in [2.24, 2.45) is 0 Å². The maximum absolute atomic E-state index is 12.1. The summed E-state index contributed by atoms with van der Waals surface area (Å²) in [5.74, 6) is 0.599. The van der Waals surface area contributed by atoms with Gasteiger partial charge in [-0.15, -0.1) is 0 Å². The van der Waals surface area contributed by atoms with E-state index in [2.05, 4.69) is 57.3 Å². The average Bonchev–Trinajstić information content (AvgIpc) is 2.59. The highest BCUT2D eigenvalue weighted by Gasteiger charge is 2.15. The first kappa shape index (κ1) is 19.0. The molecule has 0 radical (unpaired) electrons. The van der Waals surface area contributed by atoms with Crippen LogP contribution >= 0.6 is 0 Å². The van der Waals surface area contributed by atoms with Crippen LogP contribution in [0, 0.1) is 0 Å². The summed E-state index contributed by atoms with van der Waals surface area (Å²) >= 11 is 0. The highest BCUT2D eigenvalue weighted by atomic mass is 16.5. The zero-order valence-corrected chi connectivity index (χ0v) is 15.9. The Morgan fingerprint density at radius 3 is 2.16 bits per heavy atom. The topological polar surface area (TPSA) is 38.3 Å². The molecular weight excluding hydrogens is 310 g/mol. The van der Waals surface area contributed by atoms with E-state index >= 15 is 0 Å². The molecule has 0 aliphatic heterocycles. The van der Waals surface area contributed by atoms with Crippen molar-refractivity contribution in [2.75, 3.05) is 6.61 Å². The first-order valence-electron chi connectivity index (χ1n) is 8.91. The van der Waals surface area contributed by atoms with Crippen molar-refractivity contribution in [1.82, 2.24) is 5.32 Å². The molecule has 0 aliphatic carbocycles. The summed E-state index contributed by atoms with van der Waals surface area (Å²) < 4.78 is 5.56. The Morgan fingerprint density at radius 2 is 1.64 bits per heavy atom. The number of hydrogen-bond acceptors (Lipinski definition) is 2. The van der Waals surface area contributed by atoms with E-state index in [-0.39, 0.29) is 24.0 Å². The fourth-order valence-electron chi connectivity index (χ4n) is 2.61. The lowest BCUT2D eigenvalue weighted by molar-refractivity contribution is -0.123. The van der Waals surface area contributed by atoms with Gasteiger partial charge in [0.25, 0.3) is 5.91 Å². The van der Waals surface area contributed by atoms with Crippen LogP contribution in [-0.4, -0.2) is 12.5 Å². The molecule has 3 heteroatoms. The van der Waals surface area contributed by atoms with Crippen LogP contribution in [0.1, 0.15) is 57.4 Å². The fraction of sp³-hybridized carbons (Fsp3) is 0.409. The standard InChI is InChI=1S/C22H29NO2/c1-6-17-7-13-20(14-8-17)25-15-21(24)23-16(2)18-9-11-19(12-10-18)22(3,4)5/h7-14,16H,6,15H2,1-5H3,(H,23,24). The number of ether oxygens (including phenoxy) is 1. The van der Waals surface area contributed by atoms with Gasteiger partial charge in [-0.3, -0.25) is 4.79 Å². The maximum Gasteiger partial charge on any atom is 0.258 e. The summed E-state index contributed by atoms with van der Waals surface area (Å²) in [5, 5.41) is 2.98. The minimum Gasteiger partial charge on any atom is -0.484 e. The average molecular weight is 339 g/mol. The number of carbonyl (C=O) groups excluding carboxylic acids is 1. The lowest BCUT2D eigenvalue weighted by Crippen LogP contribution is -2.31. The molecule has 2 aromatic carbocycles. The second-order valence-electron chi connectivity index (χ2n) is 7.45. The smallest absolute Gasteiger partial charge is 0.258 e. The Bertz CT molecular complexity index is 681. The molecule has 1 N–H and O–H groups in total. The molecule has 2 aromatic rings. The minimum absolute atomic E-state index is 0.0237. The Labute approximate surface area is 151 Å². The van der Waals surface area contributed by atoms with Gasteiger partial charge in [0.15, 0.2) is 6.61 Å². The second kappa shape index (κ2) is 8.19. The Hall–Kier alpha value is -2.29. The first-order chi connectivity index (χ1) is 11.8. The van der Waals surface area contributed by atoms with Crippen LogP contribution in [0.5, 0.6) is 5.75 Å². The quantitative estimate of drug-likeness (QED) is 0.821. The Morgan fingerprint density at radius 1 is 1.04 bits per heavy atom. The highest BCUT2D eigenvalue weighted by Crippen LogP contribution is 2.23. The third-order valence-electron chi connectivity index (χ3n) is 4.36.